The molecular formula is C20H28N2O4. The van der Waals surface area contributed by atoms with Crippen LogP contribution in [0, 0.1) is 0 Å². The average Bonchev–Trinajstić information content (AvgIpc) is 3.14. The number of hydrogen-bond donors (Lipinski definition) is 2. The Morgan fingerprint density at radius 2 is 2.00 bits per heavy atom. The quantitative estimate of drug-likeness (QED) is 0.664. The van der Waals surface area contributed by atoms with Crippen LogP contribution < -0.4 is 20.1 Å². The van der Waals surface area contributed by atoms with Crippen LogP contribution in [0.2, 0.25) is 0 Å². The SMILES string of the molecule is CCOc1ccc(/C=C/C(=O)NCCC(=O)NC2CCCC2)cc1OC. The van der Waals surface area contributed by atoms with Crippen LogP contribution in [0.3, 0.4) is 0 Å². The Bertz CT molecular complexity index is 637. The lowest BCUT2D eigenvalue weighted by atomic mass is 10.2. The van der Waals surface area contributed by atoms with Gasteiger partial charge in [0, 0.05) is 25.1 Å². The lowest BCUT2D eigenvalue weighted by molar-refractivity contribution is -0.121. The first-order valence-corrected chi connectivity index (χ1v) is 9.18. The van der Waals surface area contributed by atoms with Crippen LogP contribution in [0.25, 0.3) is 6.08 Å². The summed E-state index contributed by atoms with van der Waals surface area (Å²) >= 11 is 0. The number of rotatable bonds is 9. The summed E-state index contributed by atoms with van der Waals surface area (Å²) in [6.07, 6.45) is 7.94. The second kappa shape index (κ2) is 10.5. The van der Waals surface area contributed by atoms with Gasteiger partial charge in [-0.05, 0) is 43.5 Å². The van der Waals surface area contributed by atoms with Crippen molar-refractivity contribution in [2.75, 3.05) is 20.3 Å². The maximum atomic E-state index is 11.9. The van der Waals surface area contributed by atoms with Crippen LogP contribution >= 0.6 is 0 Å². The number of methoxy groups -OCH3 is 1. The fourth-order valence-corrected chi connectivity index (χ4v) is 2.96. The van der Waals surface area contributed by atoms with E-state index in [-0.39, 0.29) is 11.8 Å². The van der Waals surface area contributed by atoms with Gasteiger partial charge in [-0.1, -0.05) is 18.9 Å². The van der Waals surface area contributed by atoms with E-state index in [0.717, 1.165) is 18.4 Å². The maximum Gasteiger partial charge on any atom is 0.244 e. The Balaban J connectivity index is 1.75. The topological polar surface area (TPSA) is 76.7 Å². The monoisotopic (exact) mass is 360 g/mol. The fraction of sp³-hybridized carbons (Fsp3) is 0.500. The number of amides is 2. The summed E-state index contributed by atoms with van der Waals surface area (Å²) in [5.41, 5.74) is 0.833. The Labute approximate surface area is 154 Å². The van der Waals surface area contributed by atoms with Crippen molar-refractivity contribution in [1.82, 2.24) is 10.6 Å². The number of carbonyl (C=O) groups is 2. The molecule has 1 fully saturated rings. The van der Waals surface area contributed by atoms with E-state index in [9.17, 15) is 9.59 Å². The van der Waals surface area contributed by atoms with Gasteiger partial charge in [0.05, 0.1) is 13.7 Å². The van der Waals surface area contributed by atoms with Crippen molar-refractivity contribution in [3.8, 4) is 11.5 Å². The molecule has 1 aliphatic rings. The molecule has 26 heavy (non-hydrogen) atoms. The highest BCUT2D eigenvalue weighted by Gasteiger charge is 2.16. The van der Waals surface area contributed by atoms with Crippen molar-refractivity contribution >= 4 is 17.9 Å². The molecule has 0 atom stereocenters. The van der Waals surface area contributed by atoms with Crippen LogP contribution in [0.1, 0.15) is 44.6 Å². The van der Waals surface area contributed by atoms with Crippen molar-refractivity contribution in [3.63, 3.8) is 0 Å². The molecule has 0 spiro atoms. The number of ether oxygens (including phenoxy) is 2. The molecule has 1 aromatic rings. The van der Waals surface area contributed by atoms with Gasteiger partial charge in [0.15, 0.2) is 11.5 Å². The molecule has 1 saturated carbocycles. The van der Waals surface area contributed by atoms with Crippen LogP contribution in [0.4, 0.5) is 0 Å². The zero-order valence-electron chi connectivity index (χ0n) is 15.5. The van der Waals surface area contributed by atoms with Gasteiger partial charge in [-0.25, -0.2) is 0 Å². The van der Waals surface area contributed by atoms with Crippen molar-refractivity contribution < 1.29 is 19.1 Å². The zero-order valence-corrected chi connectivity index (χ0v) is 15.5. The van der Waals surface area contributed by atoms with Gasteiger partial charge in [0.2, 0.25) is 11.8 Å². The van der Waals surface area contributed by atoms with E-state index >= 15 is 0 Å². The summed E-state index contributed by atoms with van der Waals surface area (Å²) in [5, 5.41) is 5.73. The van der Waals surface area contributed by atoms with Gasteiger partial charge in [-0.15, -0.1) is 0 Å². The van der Waals surface area contributed by atoms with Crippen LogP contribution in [0.5, 0.6) is 11.5 Å². The normalized spacial score (nSPS) is 14.4. The van der Waals surface area contributed by atoms with Gasteiger partial charge >= 0.3 is 0 Å². The molecule has 142 valence electrons. The zero-order chi connectivity index (χ0) is 18.8. The molecule has 0 bridgehead atoms. The third-order valence-electron chi connectivity index (χ3n) is 4.29. The molecule has 1 aliphatic carbocycles. The molecule has 0 aliphatic heterocycles. The van der Waals surface area contributed by atoms with Gasteiger partial charge in [-0.2, -0.15) is 0 Å². The van der Waals surface area contributed by atoms with E-state index < -0.39 is 0 Å². The van der Waals surface area contributed by atoms with E-state index in [1.165, 1.54) is 18.9 Å². The standard InChI is InChI=1S/C20H28N2O4/c1-3-26-17-10-8-15(14-18(17)25-2)9-11-19(23)21-13-12-20(24)22-16-6-4-5-7-16/h8-11,14,16H,3-7,12-13H2,1-2H3,(H,21,23)(H,22,24)/b11-9+. The summed E-state index contributed by atoms with van der Waals surface area (Å²) in [7, 11) is 1.58. The Morgan fingerprint density at radius 1 is 1.23 bits per heavy atom. The summed E-state index contributed by atoms with van der Waals surface area (Å²) in [5.74, 6) is 1.06. The highest BCUT2D eigenvalue weighted by atomic mass is 16.5. The van der Waals surface area contributed by atoms with Gasteiger partial charge in [0.25, 0.3) is 0 Å². The van der Waals surface area contributed by atoms with E-state index in [1.54, 1.807) is 13.2 Å². The maximum absolute atomic E-state index is 11.9. The van der Waals surface area contributed by atoms with Crippen molar-refractivity contribution in [2.24, 2.45) is 0 Å². The highest BCUT2D eigenvalue weighted by Crippen LogP contribution is 2.28. The molecule has 2 N–H and O–H groups in total. The van der Waals surface area contributed by atoms with Crippen molar-refractivity contribution in [3.05, 3.63) is 29.8 Å². The van der Waals surface area contributed by atoms with E-state index in [0.29, 0.717) is 37.1 Å². The summed E-state index contributed by atoms with van der Waals surface area (Å²) in [6, 6.07) is 5.79. The number of nitrogens with one attached hydrogen (secondary N) is 2. The first-order valence-electron chi connectivity index (χ1n) is 9.18. The van der Waals surface area contributed by atoms with Crippen molar-refractivity contribution in [2.45, 2.75) is 45.1 Å². The van der Waals surface area contributed by atoms with Crippen LogP contribution in [-0.4, -0.2) is 38.1 Å². The summed E-state index contributed by atoms with van der Waals surface area (Å²) in [6.45, 7) is 2.79. The summed E-state index contributed by atoms with van der Waals surface area (Å²) in [4.78, 5) is 23.7. The Morgan fingerprint density at radius 3 is 2.69 bits per heavy atom. The molecule has 1 aromatic carbocycles. The molecule has 0 saturated heterocycles. The van der Waals surface area contributed by atoms with Gasteiger partial charge in [0.1, 0.15) is 0 Å². The molecular weight excluding hydrogens is 332 g/mol. The predicted molar refractivity (Wildman–Crippen MR) is 101 cm³/mol. The first-order chi connectivity index (χ1) is 12.6. The third kappa shape index (κ3) is 6.43. The lowest BCUT2D eigenvalue weighted by Gasteiger charge is -2.11. The Hall–Kier alpha value is -2.50. The summed E-state index contributed by atoms with van der Waals surface area (Å²) < 4.78 is 10.8. The third-order valence-corrected chi connectivity index (χ3v) is 4.29. The van der Waals surface area contributed by atoms with Gasteiger partial charge < -0.3 is 20.1 Å². The molecule has 2 rings (SSSR count). The highest BCUT2D eigenvalue weighted by molar-refractivity contribution is 5.92. The van der Waals surface area contributed by atoms with E-state index in [4.69, 9.17) is 9.47 Å². The fourth-order valence-electron chi connectivity index (χ4n) is 2.96. The van der Waals surface area contributed by atoms with Crippen LogP contribution in [0.15, 0.2) is 24.3 Å². The largest absolute Gasteiger partial charge is 0.493 e. The average molecular weight is 360 g/mol. The second-order valence-corrected chi connectivity index (χ2v) is 6.27. The minimum atomic E-state index is -0.230. The van der Waals surface area contributed by atoms with E-state index in [1.807, 2.05) is 25.1 Å². The minimum absolute atomic E-state index is 0.00238. The van der Waals surface area contributed by atoms with Gasteiger partial charge in [-0.3, -0.25) is 9.59 Å². The number of benzene rings is 1. The number of carbonyl (C=O) groups excluding carboxylic acids is 2. The molecule has 0 unspecified atom stereocenters. The molecule has 0 radical (unpaired) electrons. The van der Waals surface area contributed by atoms with Crippen LogP contribution in [-0.2, 0) is 9.59 Å². The molecule has 6 heteroatoms. The molecule has 2 amide bonds. The predicted octanol–water partition coefficient (Wildman–Crippen LogP) is 2.67. The first kappa shape index (κ1) is 19.8. The molecule has 0 heterocycles. The lowest BCUT2D eigenvalue weighted by Crippen LogP contribution is -2.35. The van der Waals surface area contributed by atoms with E-state index in [2.05, 4.69) is 10.6 Å². The van der Waals surface area contributed by atoms with Crippen molar-refractivity contribution in [1.29, 1.82) is 0 Å². The Kier molecular flexibility index (Phi) is 7.99. The number of hydrogen-bond acceptors (Lipinski definition) is 4. The smallest absolute Gasteiger partial charge is 0.244 e. The second-order valence-electron chi connectivity index (χ2n) is 6.27. The molecule has 6 nitrogen and oxygen atoms in total. The molecule has 0 aromatic heterocycles. The minimum Gasteiger partial charge on any atom is -0.493 e.